The average Bonchev–Trinajstić information content (AvgIpc) is 2.27. The maximum atomic E-state index is 11.7. The highest BCUT2D eigenvalue weighted by Gasteiger charge is 2.47. The van der Waals surface area contributed by atoms with Crippen molar-refractivity contribution in [2.24, 2.45) is 0 Å². The van der Waals surface area contributed by atoms with Gasteiger partial charge >= 0.3 is 0 Å². The van der Waals surface area contributed by atoms with Crippen LogP contribution in [0.2, 0.25) is 0 Å². The highest BCUT2D eigenvalue weighted by Crippen LogP contribution is 2.31. The largest absolute Gasteiger partial charge is 0.364 e. The third-order valence-corrected chi connectivity index (χ3v) is 2.55. The van der Waals surface area contributed by atoms with E-state index >= 15 is 0 Å². The highest BCUT2D eigenvalue weighted by molar-refractivity contribution is 6.24. The number of hydrogen-bond acceptors (Lipinski definition) is 4. The van der Waals surface area contributed by atoms with Crippen LogP contribution >= 0.6 is 0 Å². The van der Waals surface area contributed by atoms with Crippen LogP contribution in [0.1, 0.15) is 20.8 Å². The smallest absolute Gasteiger partial charge is 0.220 e. The van der Waals surface area contributed by atoms with Crippen LogP contribution in [0.3, 0.4) is 0 Å². The maximum absolute atomic E-state index is 11.7. The third-order valence-electron chi connectivity index (χ3n) is 2.55. The van der Waals surface area contributed by atoms with Crippen LogP contribution < -0.4 is 0 Å². The summed E-state index contributed by atoms with van der Waals surface area (Å²) in [6.45, 7) is 4.34. The van der Waals surface area contributed by atoms with Gasteiger partial charge in [-0.2, -0.15) is 0 Å². The lowest BCUT2D eigenvalue weighted by Gasteiger charge is -2.30. The van der Waals surface area contributed by atoms with E-state index in [1.807, 2.05) is 0 Å². The molecule has 0 unspecified atom stereocenters. The molecule has 4 heteroatoms. The number of rotatable bonds is 2. The van der Waals surface area contributed by atoms with Gasteiger partial charge < -0.3 is 10.0 Å². The molecule has 0 radical (unpaired) electrons. The highest BCUT2D eigenvalue weighted by atomic mass is 16.3. The zero-order valence-corrected chi connectivity index (χ0v) is 9.00. The summed E-state index contributed by atoms with van der Waals surface area (Å²) in [5.41, 5.74) is -1.22. The Balaban J connectivity index is 3.26. The Bertz CT molecular complexity index is 399. The Morgan fingerprint density at radius 3 is 2.53 bits per heavy atom. The van der Waals surface area contributed by atoms with Crippen LogP contribution in [0.15, 0.2) is 11.3 Å². The summed E-state index contributed by atoms with van der Waals surface area (Å²) in [7, 11) is 0. The molecule has 0 spiro atoms. The van der Waals surface area contributed by atoms with Gasteiger partial charge in [0.1, 0.15) is 0 Å². The normalized spacial score (nSPS) is 25.8. The second-order valence-corrected chi connectivity index (χ2v) is 3.66. The molecular formula is C11H13NO3. The molecule has 0 bridgehead atoms. The van der Waals surface area contributed by atoms with Crippen molar-refractivity contribution in [1.82, 2.24) is 4.90 Å². The average molecular weight is 207 g/mol. The van der Waals surface area contributed by atoms with E-state index in [1.165, 1.54) is 18.7 Å². The topological polar surface area (TPSA) is 57.6 Å². The molecule has 0 saturated carbocycles. The molecule has 0 amide bonds. The van der Waals surface area contributed by atoms with E-state index in [-0.39, 0.29) is 17.9 Å². The first-order chi connectivity index (χ1) is 6.84. The lowest BCUT2D eigenvalue weighted by Crippen LogP contribution is -2.47. The Hall–Kier alpha value is -1.60. The predicted molar refractivity (Wildman–Crippen MR) is 54.6 cm³/mol. The minimum atomic E-state index is -1.70. The number of nitrogens with zero attached hydrogens (tertiary/aromatic N) is 1. The third kappa shape index (κ3) is 1.55. The molecule has 0 aromatic carbocycles. The minimum Gasteiger partial charge on any atom is -0.364 e. The Kier molecular flexibility index (Phi) is 2.69. The molecule has 0 saturated heterocycles. The number of allylic oxidation sites excluding steroid dienone is 1. The van der Waals surface area contributed by atoms with Gasteiger partial charge in [-0.3, -0.25) is 9.59 Å². The molecule has 1 N–H and O–H groups in total. The van der Waals surface area contributed by atoms with E-state index in [9.17, 15) is 14.7 Å². The van der Waals surface area contributed by atoms with Crippen molar-refractivity contribution in [1.29, 1.82) is 0 Å². The second kappa shape index (κ2) is 3.52. The summed E-state index contributed by atoms with van der Waals surface area (Å²) in [5.74, 6) is 1.41. The van der Waals surface area contributed by atoms with Crippen LogP contribution in [0, 0.1) is 12.3 Å². The van der Waals surface area contributed by atoms with Gasteiger partial charge in [0.05, 0.1) is 12.1 Å². The van der Waals surface area contributed by atoms with Crippen molar-refractivity contribution in [3.05, 3.63) is 11.3 Å². The van der Waals surface area contributed by atoms with E-state index in [4.69, 9.17) is 6.42 Å². The molecule has 0 aliphatic carbocycles. The Labute approximate surface area is 88.6 Å². The summed E-state index contributed by atoms with van der Waals surface area (Å²) in [5, 5.41) is 9.93. The lowest BCUT2D eigenvalue weighted by atomic mass is 10.0. The van der Waals surface area contributed by atoms with Crippen molar-refractivity contribution >= 4 is 11.6 Å². The van der Waals surface area contributed by atoms with Crippen molar-refractivity contribution in [2.45, 2.75) is 26.5 Å². The van der Waals surface area contributed by atoms with Crippen molar-refractivity contribution < 1.29 is 14.7 Å². The van der Waals surface area contributed by atoms with Crippen LogP contribution in [0.5, 0.6) is 0 Å². The van der Waals surface area contributed by atoms with Gasteiger partial charge in [-0.25, -0.2) is 0 Å². The monoisotopic (exact) mass is 207 g/mol. The molecule has 1 atom stereocenters. The first kappa shape index (κ1) is 11.5. The molecule has 4 nitrogen and oxygen atoms in total. The SMILES string of the molecule is C#CCN1C(C)=C(C(C)=O)C(=O)[C@@]1(C)O. The van der Waals surface area contributed by atoms with Gasteiger partial charge in [0.15, 0.2) is 5.78 Å². The zero-order valence-electron chi connectivity index (χ0n) is 9.00. The fourth-order valence-electron chi connectivity index (χ4n) is 1.76. The van der Waals surface area contributed by atoms with E-state index in [0.717, 1.165) is 0 Å². The number of carbonyl (C=O) groups excluding carboxylic acids is 2. The van der Waals surface area contributed by atoms with Gasteiger partial charge in [-0.15, -0.1) is 6.42 Å². The summed E-state index contributed by atoms with van der Waals surface area (Å²) in [4.78, 5) is 24.3. The predicted octanol–water partition coefficient (Wildman–Crippen LogP) is 0.0758. The summed E-state index contributed by atoms with van der Waals surface area (Å²) >= 11 is 0. The van der Waals surface area contributed by atoms with Crippen molar-refractivity contribution in [2.75, 3.05) is 6.54 Å². The fraction of sp³-hybridized carbons (Fsp3) is 0.455. The van der Waals surface area contributed by atoms with Crippen molar-refractivity contribution in [3.8, 4) is 12.3 Å². The Morgan fingerprint density at radius 2 is 2.20 bits per heavy atom. The van der Waals surface area contributed by atoms with Crippen LogP contribution in [0.25, 0.3) is 0 Å². The number of ketones is 2. The lowest BCUT2D eigenvalue weighted by molar-refractivity contribution is -0.143. The Morgan fingerprint density at radius 1 is 1.67 bits per heavy atom. The van der Waals surface area contributed by atoms with Crippen LogP contribution in [-0.2, 0) is 9.59 Å². The number of Topliss-reactive ketones (excluding diaryl/α,β-unsaturated/α-hetero) is 2. The number of carbonyl (C=O) groups is 2. The van der Waals surface area contributed by atoms with Crippen LogP contribution in [0.4, 0.5) is 0 Å². The van der Waals surface area contributed by atoms with Gasteiger partial charge in [0.2, 0.25) is 11.5 Å². The van der Waals surface area contributed by atoms with Gasteiger partial charge in [0, 0.05) is 5.70 Å². The summed E-state index contributed by atoms with van der Waals surface area (Å²) < 4.78 is 0. The van der Waals surface area contributed by atoms with Gasteiger partial charge in [-0.05, 0) is 20.8 Å². The first-order valence-corrected chi connectivity index (χ1v) is 4.54. The molecule has 15 heavy (non-hydrogen) atoms. The van der Waals surface area contributed by atoms with E-state index in [1.54, 1.807) is 6.92 Å². The molecule has 0 aromatic heterocycles. The van der Waals surface area contributed by atoms with Gasteiger partial charge in [0.25, 0.3) is 0 Å². The summed E-state index contributed by atoms with van der Waals surface area (Å²) in [6, 6.07) is 0. The zero-order chi connectivity index (χ0) is 11.8. The molecule has 0 fully saturated rings. The molecular weight excluding hydrogens is 194 g/mol. The standard InChI is InChI=1S/C11H13NO3/c1-5-6-12-7(2)9(8(3)13)10(14)11(12,4)15/h1,15H,6H2,2-4H3/t11-/m1/s1. The molecule has 1 aliphatic heterocycles. The second-order valence-electron chi connectivity index (χ2n) is 3.66. The number of hydrogen-bond donors (Lipinski definition) is 1. The van der Waals surface area contributed by atoms with E-state index in [0.29, 0.717) is 5.70 Å². The quantitative estimate of drug-likeness (QED) is 0.514. The molecule has 1 heterocycles. The summed E-state index contributed by atoms with van der Waals surface area (Å²) in [6.07, 6.45) is 5.14. The molecule has 1 aliphatic rings. The molecule has 0 aromatic rings. The van der Waals surface area contributed by atoms with Gasteiger partial charge in [-0.1, -0.05) is 5.92 Å². The minimum absolute atomic E-state index is 0.0373. The fourth-order valence-corrected chi connectivity index (χ4v) is 1.76. The molecule has 1 rings (SSSR count). The van der Waals surface area contributed by atoms with Crippen LogP contribution in [-0.4, -0.2) is 33.8 Å². The number of terminal acetylenes is 1. The number of aliphatic hydroxyl groups is 1. The van der Waals surface area contributed by atoms with E-state index in [2.05, 4.69) is 5.92 Å². The maximum Gasteiger partial charge on any atom is 0.220 e. The van der Waals surface area contributed by atoms with Crippen molar-refractivity contribution in [3.63, 3.8) is 0 Å². The first-order valence-electron chi connectivity index (χ1n) is 4.54. The molecule has 80 valence electrons. The van der Waals surface area contributed by atoms with E-state index < -0.39 is 11.5 Å².